The van der Waals surface area contributed by atoms with Gasteiger partial charge in [0, 0.05) is 36.7 Å². The van der Waals surface area contributed by atoms with E-state index in [2.05, 4.69) is 23.8 Å². The van der Waals surface area contributed by atoms with E-state index in [4.69, 9.17) is 0 Å². The predicted octanol–water partition coefficient (Wildman–Crippen LogP) is 5.15. The number of urea groups is 1. The molecule has 3 unspecified atom stereocenters. The smallest absolute Gasteiger partial charge is 0.334 e. The lowest BCUT2D eigenvalue weighted by Gasteiger charge is -2.56. The summed E-state index contributed by atoms with van der Waals surface area (Å²) in [5.74, 6) is -0.455. The molecule has 11 nitrogen and oxygen atoms in total. The SMILES string of the molecule is C=CCN1CC(=O)N2C(Cc3ccc(O)cc3)C(=O)N(C(CCC)c3cccc4c(C(C)=O)c[nH]c34)CC2N1C(=O)NCc1ccccc1. The largest absolute Gasteiger partial charge is 0.508 e. The third-order valence-electron chi connectivity index (χ3n) is 9.40. The first-order valence-electron chi connectivity index (χ1n) is 16.7. The van der Waals surface area contributed by atoms with Crippen LogP contribution in [0.4, 0.5) is 4.79 Å². The van der Waals surface area contributed by atoms with Gasteiger partial charge < -0.3 is 25.2 Å². The molecule has 2 saturated heterocycles. The number of carbonyl (C=O) groups excluding carboxylic acids is 4. The van der Waals surface area contributed by atoms with Crippen LogP contribution in [-0.2, 0) is 22.6 Å². The van der Waals surface area contributed by atoms with E-state index in [9.17, 15) is 24.3 Å². The second-order valence-electron chi connectivity index (χ2n) is 12.6. The van der Waals surface area contributed by atoms with Crippen molar-refractivity contribution in [3.63, 3.8) is 0 Å². The zero-order valence-electron chi connectivity index (χ0n) is 27.8. The summed E-state index contributed by atoms with van der Waals surface area (Å²) in [5.41, 5.74) is 3.91. The minimum absolute atomic E-state index is 0.0609. The number of phenolic OH excluding ortho intramolecular Hbond substituents is 1. The average molecular weight is 663 g/mol. The lowest BCUT2D eigenvalue weighted by Crippen LogP contribution is -2.76. The van der Waals surface area contributed by atoms with Crippen molar-refractivity contribution in [1.29, 1.82) is 0 Å². The molecular weight excluding hydrogens is 620 g/mol. The number of aromatic hydroxyl groups is 1. The summed E-state index contributed by atoms with van der Waals surface area (Å²) in [6.07, 6.45) is 4.11. The van der Waals surface area contributed by atoms with Crippen molar-refractivity contribution in [2.45, 2.75) is 57.9 Å². The first-order chi connectivity index (χ1) is 23.7. The van der Waals surface area contributed by atoms with E-state index < -0.39 is 24.3 Å². The standard InChI is InChI=1S/C38H42N6O5/c1-4-10-32(30-14-9-13-29-31(25(3)45)22-39-36(29)30)42-23-34-43(33(37(42)48)20-26-15-17-28(46)18-16-26)35(47)24-41(19-5-2)44(34)38(49)40-21-27-11-7-6-8-12-27/h5-9,11-18,22,32-34,39,46H,2,4,10,19-21,23-24H2,1,3H3,(H,40,49). The van der Waals surface area contributed by atoms with E-state index in [-0.39, 0.29) is 55.9 Å². The quantitative estimate of drug-likeness (QED) is 0.151. The summed E-state index contributed by atoms with van der Waals surface area (Å²) in [7, 11) is 0. The first-order valence-corrected chi connectivity index (χ1v) is 16.7. The number of hydrogen-bond acceptors (Lipinski definition) is 6. The zero-order valence-corrected chi connectivity index (χ0v) is 27.8. The van der Waals surface area contributed by atoms with Crippen LogP contribution in [0.2, 0.25) is 0 Å². The van der Waals surface area contributed by atoms with E-state index in [0.717, 1.165) is 34.0 Å². The third kappa shape index (κ3) is 6.66. The fourth-order valence-electron chi connectivity index (χ4n) is 7.15. The number of phenols is 1. The molecule has 2 aliphatic heterocycles. The highest BCUT2D eigenvalue weighted by molar-refractivity contribution is 6.07. The second-order valence-corrected chi connectivity index (χ2v) is 12.6. The van der Waals surface area contributed by atoms with Gasteiger partial charge in [-0.3, -0.25) is 14.4 Å². The molecule has 3 heterocycles. The Morgan fingerprint density at radius 3 is 2.49 bits per heavy atom. The Kier molecular flexibility index (Phi) is 9.82. The van der Waals surface area contributed by atoms with Gasteiger partial charge in [0.1, 0.15) is 18.0 Å². The number of amides is 4. The van der Waals surface area contributed by atoms with Gasteiger partial charge in [-0.05, 0) is 42.2 Å². The van der Waals surface area contributed by atoms with Gasteiger partial charge in [0.2, 0.25) is 11.8 Å². The second kappa shape index (κ2) is 14.4. The van der Waals surface area contributed by atoms with Crippen LogP contribution in [0.5, 0.6) is 5.75 Å². The van der Waals surface area contributed by atoms with Gasteiger partial charge in [0.15, 0.2) is 5.78 Å². The molecule has 254 valence electrons. The van der Waals surface area contributed by atoms with Gasteiger partial charge in [-0.1, -0.05) is 80.1 Å². The number of aromatic amines is 1. The highest BCUT2D eigenvalue weighted by atomic mass is 16.3. The molecule has 6 rings (SSSR count). The van der Waals surface area contributed by atoms with Crippen molar-refractivity contribution in [3.8, 4) is 5.75 Å². The number of benzene rings is 3. The Bertz CT molecular complexity index is 1860. The van der Waals surface area contributed by atoms with Crippen molar-refractivity contribution >= 4 is 34.5 Å². The number of para-hydroxylation sites is 1. The zero-order chi connectivity index (χ0) is 34.7. The van der Waals surface area contributed by atoms with Crippen molar-refractivity contribution in [2.75, 3.05) is 19.6 Å². The molecule has 11 heteroatoms. The summed E-state index contributed by atoms with van der Waals surface area (Å²) >= 11 is 0. The predicted molar refractivity (Wildman–Crippen MR) is 186 cm³/mol. The number of rotatable bonds is 11. The summed E-state index contributed by atoms with van der Waals surface area (Å²) in [6, 6.07) is 20.2. The van der Waals surface area contributed by atoms with Gasteiger partial charge in [-0.15, -0.1) is 6.58 Å². The van der Waals surface area contributed by atoms with Gasteiger partial charge in [0.25, 0.3) is 0 Å². The van der Waals surface area contributed by atoms with Gasteiger partial charge in [0.05, 0.1) is 24.6 Å². The lowest BCUT2D eigenvalue weighted by atomic mass is 9.92. The van der Waals surface area contributed by atoms with E-state index in [1.54, 1.807) is 56.4 Å². The highest BCUT2D eigenvalue weighted by Gasteiger charge is 2.52. The number of ketones is 1. The summed E-state index contributed by atoms with van der Waals surface area (Å²) in [6.45, 7) is 7.96. The van der Waals surface area contributed by atoms with Crippen LogP contribution in [0, 0.1) is 0 Å². The first kappa shape index (κ1) is 33.5. The summed E-state index contributed by atoms with van der Waals surface area (Å²) < 4.78 is 0. The number of carbonyl (C=O) groups is 4. The van der Waals surface area contributed by atoms with Crippen molar-refractivity contribution in [2.24, 2.45) is 0 Å². The minimum atomic E-state index is -0.916. The number of hydrogen-bond donors (Lipinski definition) is 3. The third-order valence-corrected chi connectivity index (χ3v) is 9.40. The van der Waals surface area contributed by atoms with Gasteiger partial charge in [-0.25, -0.2) is 14.8 Å². The van der Waals surface area contributed by atoms with Gasteiger partial charge >= 0.3 is 6.03 Å². The molecule has 0 aliphatic carbocycles. The maximum Gasteiger partial charge on any atom is 0.334 e. The normalized spacial score (nSPS) is 18.8. The molecule has 3 aromatic carbocycles. The minimum Gasteiger partial charge on any atom is -0.508 e. The Labute approximate surface area is 285 Å². The monoisotopic (exact) mass is 662 g/mol. The molecule has 2 fully saturated rings. The van der Waals surface area contributed by atoms with Crippen molar-refractivity contribution in [3.05, 3.63) is 114 Å². The molecule has 0 spiro atoms. The molecule has 3 N–H and O–H groups in total. The average Bonchev–Trinajstić information content (AvgIpc) is 3.54. The van der Waals surface area contributed by atoms with Gasteiger partial charge in [-0.2, -0.15) is 0 Å². The number of Topliss-reactive ketones (excluding diaryl/α,β-unsaturated/α-hetero) is 1. The highest BCUT2D eigenvalue weighted by Crippen LogP contribution is 2.38. The van der Waals surface area contributed by atoms with Crippen molar-refractivity contribution < 1.29 is 24.3 Å². The molecule has 4 aromatic rings. The van der Waals surface area contributed by atoms with Crippen molar-refractivity contribution in [1.82, 2.24) is 30.1 Å². The van der Waals surface area contributed by atoms with Crippen LogP contribution in [-0.4, -0.2) is 85.4 Å². The van der Waals surface area contributed by atoms with Crippen LogP contribution >= 0.6 is 0 Å². The maximum atomic E-state index is 14.8. The Morgan fingerprint density at radius 2 is 1.80 bits per heavy atom. The molecule has 0 saturated carbocycles. The fourth-order valence-corrected chi connectivity index (χ4v) is 7.15. The molecule has 0 bridgehead atoms. The summed E-state index contributed by atoms with van der Waals surface area (Å²) in [5, 5.41) is 17.0. The molecule has 1 aromatic heterocycles. The van der Waals surface area contributed by atoms with E-state index >= 15 is 0 Å². The van der Waals surface area contributed by atoms with E-state index in [0.29, 0.717) is 12.0 Å². The number of nitrogens with one attached hydrogen (secondary N) is 2. The molecule has 0 radical (unpaired) electrons. The van der Waals surface area contributed by atoms with E-state index in [1.165, 1.54) is 6.92 Å². The fraction of sp³-hybridized carbons (Fsp3) is 0.316. The number of fused-ring (bicyclic) bond motifs is 2. The van der Waals surface area contributed by atoms with Crippen LogP contribution in [0.1, 0.15) is 59.8 Å². The maximum absolute atomic E-state index is 14.8. The Morgan fingerprint density at radius 1 is 1.04 bits per heavy atom. The molecular formula is C38H42N6O5. The topological polar surface area (TPSA) is 129 Å². The Hall–Kier alpha value is -5.42. The van der Waals surface area contributed by atoms with Crippen LogP contribution in [0.3, 0.4) is 0 Å². The lowest BCUT2D eigenvalue weighted by molar-refractivity contribution is -0.191. The Balaban J connectivity index is 1.44. The summed E-state index contributed by atoms with van der Waals surface area (Å²) in [4.78, 5) is 62.1. The number of H-pyrrole nitrogens is 1. The number of hydrazine groups is 1. The molecule has 4 amide bonds. The molecule has 49 heavy (non-hydrogen) atoms. The number of nitrogens with zero attached hydrogens (tertiary/aromatic N) is 4. The number of piperazine rings is 1. The van der Waals surface area contributed by atoms with E-state index in [1.807, 2.05) is 48.5 Å². The molecule has 3 atom stereocenters. The molecule has 2 aliphatic rings. The number of aromatic nitrogens is 1. The van der Waals surface area contributed by atoms with Crippen LogP contribution in [0.25, 0.3) is 10.9 Å². The van der Waals surface area contributed by atoms with Crippen LogP contribution < -0.4 is 5.32 Å². The van der Waals surface area contributed by atoms with Crippen LogP contribution in [0.15, 0.2) is 91.6 Å².